The zero-order valence-corrected chi connectivity index (χ0v) is 8.32. The molecule has 1 aliphatic heterocycles. The molecule has 0 saturated heterocycles. The van der Waals surface area contributed by atoms with Crippen molar-refractivity contribution in [1.82, 2.24) is 0 Å². The zero-order chi connectivity index (χ0) is 10.8. The maximum atomic E-state index is 11.4. The molecule has 0 amide bonds. The third kappa shape index (κ3) is 1.56. The summed E-state index contributed by atoms with van der Waals surface area (Å²) in [7, 11) is 0. The van der Waals surface area contributed by atoms with E-state index in [0.717, 1.165) is 12.0 Å². The lowest BCUT2D eigenvalue weighted by atomic mass is 10.0. The lowest BCUT2D eigenvalue weighted by Gasteiger charge is -1.97. The van der Waals surface area contributed by atoms with Crippen LogP contribution in [0.5, 0.6) is 0 Å². The monoisotopic (exact) mass is 202 g/mol. The van der Waals surface area contributed by atoms with Crippen molar-refractivity contribution in [2.75, 3.05) is 0 Å². The quantitative estimate of drug-likeness (QED) is 0.546. The number of cyclic esters (lactones) is 2. The minimum Gasteiger partial charge on any atom is -0.386 e. The second-order valence-electron chi connectivity index (χ2n) is 3.26. The average molecular weight is 202 g/mol. The van der Waals surface area contributed by atoms with Crippen LogP contribution >= 0.6 is 0 Å². The van der Waals surface area contributed by atoms with Crippen LogP contribution < -0.4 is 0 Å². The maximum Gasteiger partial charge on any atom is 0.347 e. The van der Waals surface area contributed by atoms with Gasteiger partial charge in [0.1, 0.15) is 0 Å². The van der Waals surface area contributed by atoms with Gasteiger partial charge in [-0.1, -0.05) is 31.2 Å². The minimum absolute atomic E-state index is 0.359. The van der Waals surface area contributed by atoms with E-state index in [1.54, 1.807) is 18.2 Å². The second-order valence-corrected chi connectivity index (χ2v) is 3.26. The summed E-state index contributed by atoms with van der Waals surface area (Å²) in [5, 5.41) is 0. The minimum atomic E-state index is -0.554. The van der Waals surface area contributed by atoms with Crippen molar-refractivity contribution in [3.63, 3.8) is 0 Å². The molecule has 1 aromatic rings. The Morgan fingerprint density at radius 2 is 2.07 bits per heavy atom. The molecule has 0 atom stereocenters. The van der Waals surface area contributed by atoms with E-state index in [-0.39, 0.29) is 0 Å². The molecule has 0 aliphatic carbocycles. The number of carbonyl (C=O) groups is 2. The third-order valence-corrected chi connectivity index (χ3v) is 2.24. The number of allylic oxidation sites excluding steroid dienone is 1. The summed E-state index contributed by atoms with van der Waals surface area (Å²) in [6.45, 7) is 2.00. The molecule has 15 heavy (non-hydrogen) atoms. The molecule has 2 rings (SSSR count). The Hall–Kier alpha value is -1.90. The number of fused-ring (bicyclic) bond motifs is 1. The van der Waals surface area contributed by atoms with Gasteiger partial charge in [-0.15, -0.1) is 0 Å². The predicted molar refractivity (Wildman–Crippen MR) is 55.5 cm³/mol. The van der Waals surface area contributed by atoms with Gasteiger partial charge in [0.15, 0.2) is 0 Å². The van der Waals surface area contributed by atoms with Crippen molar-refractivity contribution in [3.8, 4) is 0 Å². The van der Waals surface area contributed by atoms with Gasteiger partial charge < -0.3 is 4.74 Å². The number of hydrogen-bond acceptors (Lipinski definition) is 3. The molecule has 0 bridgehead atoms. The highest BCUT2D eigenvalue weighted by atomic mass is 16.6. The average Bonchev–Trinajstić information content (AvgIpc) is 2.53. The molecule has 1 aliphatic rings. The molecule has 0 fully saturated rings. The summed E-state index contributed by atoms with van der Waals surface area (Å²) in [6, 6.07) is 5.14. The van der Waals surface area contributed by atoms with Gasteiger partial charge >= 0.3 is 11.9 Å². The van der Waals surface area contributed by atoms with Crippen LogP contribution in [0, 0.1) is 0 Å². The van der Waals surface area contributed by atoms with Gasteiger partial charge in [0.05, 0.1) is 11.1 Å². The Morgan fingerprint density at radius 3 is 2.80 bits per heavy atom. The highest BCUT2D eigenvalue weighted by molar-refractivity contribution is 6.16. The molecule has 1 aromatic carbocycles. The summed E-state index contributed by atoms with van der Waals surface area (Å²) < 4.78 is 4.54. The van der Waals surface area contributed by atoms with Crippen molar-refractivity contribution in [2.24, 2.45) is 0 Å². The predicted octanol–water partition coefficient (Wildman–Crippen LogP) is 2.42. The molecule has 3 nitrogen and oxygen atoms in total. The molecule has 3 heteroatoms. The Balaban J connectivity index is 2.55. The summed E-state index contributed by atoms with van der Waals surface area (Å²) >= 11 is 0. The van der Waals surface area contributed by atoms with Crippen LogP contribution in [-0.2, 0) is 4.74 Å². The summed E-state index contributed by atoms with van der Waals surface area (Å²) in [5.74, 6) is -1.10. The summed E-state index contributed by atoms with van der Waals surface area (Å²) in [4.78, 5) is 22.6. The van der Waals surface area contributed by atoms with Gasteiger partial charge in [-0.3, -0.25) is 0 Å². The van der Waals surface area contributed by atoms with Gasteiger partial charge in [-0.25, -0.2) is 9.59 Å². The van der Waals surface area contributed by atoms with E-state index in [9.17, 15) is 9.59 Å². The lowest BCUT2D eigenvalue weighted by molar-refractivity contribution is 0.0444. The Labute approximate surface area is 87.4 Å². The molecule has 0 saturated carbocycles. The standard InChI is InChI=1S/C12H10O3/c1-2-3-5-8-6-4-7-9-10(8)12(14)15-11(9)13/h3-7H,2H2,1H3. The highest BCUT2D eigenvalue weighted by Crippen LogP contribution is 2.24. The third-order valence-electron chi connectivity index (χ3n) is 2.24. The van der Waals surface area contributed by atoms with Gasteiger partial charge in [0.25, 0.3) is 0 Å². The van der Waals surface area contributed by atoms with Crippen LogP contribution in [0.2, 0.25) is 0 Å². The zero-order valence-electron chi connectivity index (χ0n) is 8.32. The fraction of sp³-hybridized carbons (Fsp3) is 0.167. The topological polar surface area (TPSA) is 43.4 Å². The molecule has 76 valence electrons. The van der Waals surface area contributed by atoms with Crippen molar-refractivity contribution in [2.45, 2.75) is 13.3 Å². The van der Waals surface area contributed by atoms with Crippen LogP contribution in [0.15, 0.2) is 24.3 Å². The van der Waals surface area contributed by atoms with Crippen LogP contribution in [0.25, 0.3) is 6.08 Å². The number of carbonyl (C=O) groups excluding carboxylic acids is 2. The van der Waals surface area contributed by atoms with Gasteiger partial charge in [0, 0.05) is 0 Å². The molecule has 0 unspecified atom stereocenters. The summed E-state index contributed by atoms with van der Waals surface area (Å²) in [5.41, 5.74) is 1.48. The van der Waals surface area contributed by atoms with Crippen LogP contribution in [-0.4, -0.2) is 11.9 Å². The fourth-order valence-corrected chi connectivity index (χ4v) is 1.54. The molecule has 0 aromatic heterocycles. The van der Waals surface area contributed by atoms with E-state index in [4.69, 9.17) is 0 Å². The normalized spacial score (nSPS) is 14.5. The number of esters is 2. The number of rotatable bonds is 2. The first-order chi connectivity index (χ1) is 7.24. The van der Waals surface area contributed by atoms with Crippen molar-refractivity contribution in [3.05, 3.63) is 41.0 Å². The fourth-order valence-electron chi connectivity index (χ4n) is 1.54. The molecule has 1 heterocycles. The van der Waals surface area contributed by atoms with E-state index >= 15 is 0 Å². The van der Waals surface area contributed by atoms with Gasteiger partial charge in [-0.2, -0.15) is 0 Å². The van der Waals surface area contributed by atoms with Crippen molar-refractivity contribution < 1.29 is 14.3 Å². The molecular weight excluding hydrogens is 192 g/mol. The van der Waals surface area contributed by atoms with Crippen LogP contribution in [0.4, 0.5) is 0 Å². The van der Waals surface area contributed by atoms with Crippen molar-refractivity contribution in [1.29, 1.82) is 0 Å². The number of ether oxygens (including phenoxy) is 1. The SMILES string of the molecule is CCC=Cc1cccc2c1C(=O)OC2=O. The van der Waals surface area contributed by atoms with E-state index in [2.05, 4.69) is 4.74 Å². The first-order valence-corrected chi connectivity index (χ1v) is 4.80. The van der Waals surface area contributed by atoms with E-state index in [1.165, 1.54) is 0 Å². The summed E-state index contributed by atoms with van der Waals surface area (Å²) in [6.07, 6.45) is 4.65. The molecule has 0 spiro atoms. The molecule has 0 radical (unpaired) electrons. The van der Waals surface area contributed by atoms with Gasteiger partial charge in [0.2, 0.25) is 0 Å². The Morgan fingerprint density at radius 1 is 1.27 bits per heavy atom. The van der Waals surface area contributed by atoms with Crippen molar-refractivity contribution >= 4 is 18.0 Å². The highest BCUT2D eigenvalue weighted by Gasteiger charge is 2.30. The lowest BCUT2D eigenvalue weighted by Crippen LogP contribution is -1.98. The van der Waals surface area contributed by atoms with E-state index in [1.807, 2.05) is 19.1 Å². The second kappa shape index (κ2) is 3.69. The first-order valence-electron chi connectivity index (χ1n) is 4.80. The Bertz CT molecular complexity index is 458. The Kier molecular flexibility index (Phi) is 2.37. The molecule has 0 N–H and O–H groups in total. The van der Waals surface area contributed by atoms with Crippen LogP contribution in [0.1, 0.15) is 39.6 Å². The largest absolute Gasteiger partial charge is 0.386 e. The number of benzene rings is 1. The smallest absolute Gasteiger partial charge is 0.347 e. The van der Waals surface area contributed by atoms with Crippen LogP contribution in [0.3, 0.4) is 0 Å². The van der Waals surface area contributed by atoms with E-state index < -0.39 is 11.9 Å². The first kappa shape index (κ1) is 9.65. The maximum absolute atomic E-state index is 11.4. The van der Waals surface area contributed by atoms with Gasteiger partial charge in [-0.05, 0) is 18.1 Å². The molecular formula is C12H10O3. The number of hydrogen-bond donors (Lipinski definition) is 0. The van der Waals surface area contributed by atoms with E-state index in [0.29, 0.717) is 11.1 Å².